The minimum atomic E-state index is -3.55. The molecule has 11 nitrogen and oxygen atoms in total. The van der Waals surface area contributed by atoms with E-state index in [4.69, 9.17) is 9.47 Å². The van der Waals surface area contributed by atoms with E-state index >= 15 is 0 Å². The Morgan fingerprint density at radius 1 is 1.00 bits per heavy atom. The summed E-state index contributed by atoms with van der Waals surface area (Å²) in [7, 11) is -3.55. The first-order valence-electron chi connectivity index (χ1n) is 14.6. The molecular formula is C30H34N4O7S. The minimum Gasteiger partial charge on any atom is -0.492 e. The molecule has 5 aliphatic rings. The number of morpholine rings is 1. The minimum absolute atomic E-state index is 0.145. The predicted octanol–water partition coefficient (Wildman–Crippen LogP) is 1.39. The molecular weight excluding hydrogens is 560 g/mol. The maximum atomic E-state index is 13.2. The zero-order valence-corrected chi connectivity index (χ0v) is 24.2. The van der Waals surface area contributed by atoms with Crippen molar-refractivity contribution in [3.05, 3.63) is 58.7 Å². The quantitative estimate of drug-likeness (QED) is 0.515. The molecule has 0 saturated carbocycles. The summed E-state index contributed by atoms with van der Waals surface area (Å²) in [6, 6.07) is 10.5. The number of nitrogens with one attached hydrogen (secondary N) is 1. The number of imide groups is 1. The second-order valence-corrected chi connectivity index (χ2v) is 13.9. The van der Waals surface area contributed by atoms with E-state index in [0.29, 0.717) is 62.9 Å². The molecule has 3 saturated heterocycles. The van der Waals surface area contributed by atoms with E-state index in [2.05, 4.69) is 16.3 Å². The molecule has 1 atom stereocenters. The molecule has 12 heteroatoms. The van der Waals surface area contributed by atoms with Gasteiger partial charge in [-0.15, -0.1) is 0 Å². The van der Waals surface area contributed by atoms with Crippen molar-refractivity contribution < 1.29 is 32.3 Å². The van der Waals surface area contributed by atoms with Gasteiger partial charge in [-0.2, -0.15) is 4.31 Å². The summed E-state index contributed by atoms with van der Waals surface area (Å²) in [6.07, 6.45) is 2.33. The van der Waals surface area contributed by atoms with Gasteiger partial charge in [0.1, 0.15) is 11.8 Å². The van der Waals surface area contributed by atoms with Crippen LogP contribution >= 0.6 is 0 Å². The smallest absolute Gasteiger partial charge is 0.255 e. The summed E-state index contributed by atoms with van der Waals surface area (Å²) < 4.78 is 39.2. The van der Waals surface area contributed by atoms with E-state index in [1.807, 2.05) is 18.2 Å². The van der Waals surface area contributed by atoms with Gasteiger partial charge in [-0.3, -0.25) is 24.6 Å². The zero-order valence-electron chi connectivity index (χ0n) is 23.3. The van der Waals surface area contributed by atoms with Crippen LogP contribution in [0.25, 0.3) is 0 Å². The van der Waals surface area contributed by atoms with Crippen molar-refractivity contribution in [2.75, 3.05) is 46.0 Å². The zero-order chi connectivity index (χ0) is 29.1. The van der Waals surface area contributed by atoms with E-state index in [9.17, 15) is 22.8 Å². The Morgan fingerprint density at radius 2 is 1.79 bits per heavy atom. The molecule has 0 aromatic heterocycles. The van der Waals surface area contributed by atoms with Crippen LogP contribution in [0.3, 0.4) is 0 Å². The maximum Gasteiger partial charge on any atom is 0.255 e. The summed E-state index contributed by atoms with van der Waals surface area (Å²) in [5.74, 6) is -0.169. The Labute approximate surface area is 244 Å². The van der Waals surface area contributed by atoms with Crippen molar-refractivity contribution in [3.8, 4) is 5.75 Å². The number of sulfonamides is 1. The molecule has 0 radical (unpaired) electrons. The lowest BCUT2D eigenvalue weighted by Gasteiger charge is -2.38. The van der Waals surface area contributed by atoms with Crippen LogP contribution in [0.5, 0.6) is 5.75 Å². The first-order valence-corrected chi connectivity index (χ1v) is 16.0. The van der Waals surface area contributed by atoms with E-state index in [1.165, 1.54) is 4.31 Å². The fourth-order valence-electron chi connectivity index (χ4n) is 6.97. The summed E-state index contributed by atoms with van der Waals surface area (Å²) in [6.45, 7) is 4.82. The number of amides is 3. The number of likely N-dealkylation sites (tertiary alicyclic amines) is 1. The third-order valence-electron chi connectivity index (χ3n) is 9.42. The molecule has 3 amide bonds. The molecule has 1 spiro atoms. The Kier molecular flexibility index (Phi) is 6.84. The summed E-state index contributed by atoms with van der Waals surface area (Å²) >= 11 is 0. The number of hydrogen-bond donors (Lipinski definition) is 1. The third kappa shape index (κ3) is 4.70. The monoisotopic (exact) mass is 594 g/mol. The first kappa shape index (κ1) is 27.5. The highest BCUT2D eigenvalue weighted by Crippen LogP contribution is 2.48. The van der Waals surface area contributed by atoms with Crippen molar-refractivity contribution in [1.29, 1.82) is 0 Å². The van der Waals surface area contributed by atoms with Crippen molar-refractivity contribution in [2.45, 2.75) is 55.1 Å². The number of ether oxygens (including phenoxy) is 2. The van der Waals surface area contributed by atoms with Gasteiger partial charge in [-0.1, -0.05) is 12.1 Å². The SMILES string of the molecule is O=C1CCC(N2Cc3cc4c(cc3C2=O)OCC42CCN(Cc3cccc(S(=O)(=O)N4CCOCC4)c3)CC2)C(=O)N1. The lowest BCUT2D eigenvalue weighted by molar-refractivity contribution is -0.136. The lowest BCUT2D eigenvalue weighted by Crippen LogP contribution is -2.52. The summed E-state index contributed by atoms with van der Waals surface area (Å²) in [5, 5.41) is 2.35. The van der Waals surface area contributed by atoms with Crippen LogP contribution in [-0.4, -0.2) is 92.3 Å². The number of carbonyl (C=O) groups is 3. The van der Waals surface area contributed by atoms with Crippen LogP contribution in [-0.2, 0) is 42.9 Å². The van der Waals surface area contributed by atoms with Gasteiger partial charge in [0.15, 0.2) is 0 Å². The van der Waals surface area contributed by atoms with Gasteiger partial charge in [0.2, 0.25) is 21.8 Å². The average Bonchev–Trinajstić information content (AvgIpc) is 3.50. The van der Waals surface area contributed by atoms with Crippen LogP contribution in [0.1, 0.15) is 52.7 Å². The van der Waals surface area contributed by atoms with Crippen molar-refractivity contribution in [3.63, 3.8) is 0 Å². The summed E-state index contributed by atoms with van der Waals surface area (Å²) in [5.41, 5.74) is 3.41. The molecule has 5 heterocycles. The molecule has 0 aliphatic carbocycles. The number of benzene rings is 2. The topological polar surface area (TPSA) is 126 Å². The van der Waals surface area contributed by atoms with Crippen LogP contribution in [0.4, 0.5) is 0 Å². The van der Waals surface area contributed by atoms with Gasteiger partial charge < -0.3 is 14.4 Å². The highest BCUT2D eigenvalue weighted by molar-refractivity contribution is 7.89. The van der Waals surface area contributed by atoms with Crippen molar-refractivity contribution in [1.82, 2.24) is 19.4 Å². The molecule has 42 heavy (non-hydrogen) atoms. The molecule has 3 fully saturated rings. The molecule has 2 aromatic rings. The number of fused-ring (bicyclic) bond motifs is 3. The maximum absolute atomic E-state index is 13.2. The predicted molar refractivity (Wildman–Crippen MR) is 150 cm³/mol. The van der Waals surface area contributed by atoms with E-state index in [-0.39, 0.29) is 23.7 Å². The van der Waals surface area contributed by atoms with E-state index in [1.54, 1.807) is 17.0 Å². The highest BCUT2D eigenvalue weighted by atomic mass is 32.2. The van der Waals surface area contributed by atoms with E-state index in [0.717, 1.165) is 48.4 Å². The Bertz CT molecular complexity index is 1560. The van der Waals surface area contributed by atoms with Gasteiger partial charge in [0.25, 0.3) is 5.91 Å². The Morgan fingerprint density at radius 3 is 2.55 bits per heavy atom. The van der Waals surface area contributed by atoms with Gasteiger partial charge in [-0.05, 0) is 67.7 Å². The average molecular weight is 595 g/mol. The van der Waals surface area contributed by atoms with Crippen LogP contribution in [0, 0.1) is 0 Å². The third-order valence-corrected chi connectivity index (χ3v) is 11.3. The molecule has 7 rings (SSSR count). The Balaban J connectivity index is 1.03. The number of hydrogen-bond acceptors (Lipinski definition) is 8. The van der Waals surface area contributed by atoms with Gasteiger partial charge in [0.05, 0.1) is 24.7 Å². The number of rotatable bonds is 5. The van der Waals surface area contributed by atoms with Crippen molar-refractivity contribution in [2.24, 2.45) is 0 Å². The van der Waals surface area contributed by atoms with Gasteiger partial charge >= 0.3 is 0 Å². The number of piperidine rings is 2. The van der Waals surface area contributed by atoms with Crippen molar-refractivity contribution >= 4 is 27.7 Å². The largest absolute Gasteiger partial charge is 0.492 e. The normalized spacial score (nSPS) is 24.4. The summed E-state index contributed by atoms with van der Waals surface area (Å²) in [4.78, 5) is 41.5. The molecule has 5 aliphatic heterocycles. The van der Waals surface area contributed by atoms with Gasteiger partial charge in [-0.25, -0.2) is 8.42 Å². The second kappa shape index (κ2) is 10.4. The van der Waals surface area contributed by atoms with Gasteiger partial charge in [0, 0.05) is 49.1 Å². The van der Waals surface area contributed by atoms with Crippen LogP contribution < -0.4 is 10.1 Å². The fraction of sp³-hybridized carbons (Fsp3) is 0.500. The number of carbonyl (C=O) groups excluding carboxylic acids is 3. The highest BCUT2D eigenvalue weighted by Gasteiger charge is 2.46. The first-order chi connectivity index (χ1) is 20.2. The van der Waals surface area contributed by atoms with E-state index < -0.39 is 22.0 Å². The Hall–Kier alpha value is -3.32. The van der Waals surface area contributed by atoms with Crippen LogP contribution in [0.15, 0.2) is 41.3 Å². The second-order valence-electron chi connectivity index (χ2n) is 11.9. The molecule has 0 bridgehead atoms. The lowest BCUT2D eigenvalue weighted by atomic mass is 9.74. The molecule has 2 aromatic carbocycles. The standard InChI is InChI=1S/C30H34N4O7S/c35-27-5-4-25(28(36)31-27)34-18-21-15-24-26(16-23(21)29(34)37)41-19-30(24)6-8-32(9-7-30)17-20-2-1-3-22(14-20)42(38,39)33-10-12-40-13-11-33/h1-3,14-16,25H,4-13,17-19H2,(H,31,35,36). The fourth-order valence-corrected chi connectivity index (χ4v) is 8.45. The van der Waals surface area contributed by atoms with Crippen LogP contribution in [0.2, 0.25) is 0 Å². The molecule has 222 valence electrons. The number of nitrogens with zero attached hydrogens (tertiary/aromatic N) is 3. The molecule has 1 N–H and O–H groups in total. The molecule has 1 unspecified atom stereocenters.